The average Bonchev–Trinajstić information content (AvgIpc) is 2.37. The first-order valence-corrected chi connectivity index (χ1v) is 9.74. The van der Waals surface area contributed by atoms with Gasteiger partial charge in [0, 0.05) is 0 Å². The molecule has 0 saturated carbocycles. The van der Waals surface area contributed by atoms with Crippen molar-refractivity contribution in [1.29, 1.82) is 0 Å². The van der Waals surface area contributed by atoms with Crippen molar-refractivity contribution < 1.29 is 5.11 Å². The normalized spacial score (nSPS) is 16.8. The quantitative estimate of drug-likeness (QED) is 0.287. The number of hydrogen-bond acceptors (Lipinski definition) is 1. The van der Waals surface area contributed by atoms with E-state index in [2.05, 4.69) is 34.6 Å². The molecule has 0 aliphatic heterocycles. The molecule has 132 valence electrons. The summed E-state index contributed by atoms with van der Waals surface area (Å²) in [6.45, 7) is 11.5. The summed E-state index contributed by atoms with van der Waals surface area (Å²) in [6.07, 6.45) is 13.6. The summed E-state index contributed by atoms with van der Waals surface area (Å²) in [4.78, 5) is 0. The first-order chi connectivity index (χ1) is 10.3. The largest absolute Gasteiger partial charge is 0.374 e. The lowest BCUT2D eigenvalue weighted by Gasteiger charge is -2.15. The van der Waals surface area contributed by atoms with Gasteiger partial charge in [-0.05, 0) is 43.6 Å². The molecule has 1 nitrogen and oxygen atoms in total. The molecule has 22 heavy (non-hydrogen) atoms. The number of aliphatic hydroxyl groups is 1. The summed E-state index contributed by atoms with van der Waals surface area (Å²) in [7, 11) is 0. The molecule has 3 atom stereocenters. The van der Waals surface area contributed by atoms with Crippen molar-refractivity contribution in [3.8, 4) is 0 Å². The zero-order chi connectivity index (χ0) is 17.0. The van der Waals surface area contributed by atoms with Gasteiger partial charge in [-0.15, -0.1) is 0 Å². The monoisotopic (exact) mass is 330 g/mol. The summed E-state index contributed by atoms with van der Waals surface area (Å²) in [5.74, 6) is 2.56. The molecule has 0 aromatic carbocycles. The topological polar surface area (TPSA) is 20.2 Å². The van der Waals surface area contributed by atoms with Crippen LogP contribution in [0.15, 0.2) is 11.6 Å². The van der Waals surface area contributed by atoms with Crippen LogP contribution in [-0.2, 0) is 0 Å². The molecule has 0 aliphatic rings. The number of allylic oxidation sites excluding steroid dienone is 1. The molecule has 0 aromatic heterocycles. The van der Waals surface area contributed by atoms with E-state index in [0.29, 0.717) is 0 Å². The number of hydrogen-bond donors (Lipinski definition) is 1. The Hall–Kier alpha value is -0.0100. The minimum Gasteiger partial charge on any atom is -0.374 e. The number of aliphatic hydroxyl groups excluding tert-OH is 1. The third kappa shape index (κ3) is 14.9. The molecule has 0 bridgehead atoms. The molecule has 2 heteroatoms. The second-order valence-corrected chi connectivity index (χ2v) is 8.19. The fourth-order valence-electron chi connectivity index (χ4n) is 3.03. The molecule has 0 heterocycles. The molecule has 1 N–H and O–H groups in total. The van der Waals surface area contributed by atoms with E-state index in [1.54, 1.807) is 6.08 Å². The standard InChI is InChI=1S/C20H39ClO/c1-16(2)9-6-10-17(3)11-7-12-18(4)13-8-14-19(5)15-20(21)22/h15-18,20,22H,6-14H2,1-5H3. The van der Waals surface area contributed by atoms with Crippen molar-refractivity contribution >= 4 is 11.6 Å². The van der Waals surface area contributed by atoms with Crippen molar-refractivity contribution in [2.75, 3.05) is 0 Å². The first kappa shape index (κ1) is 22.0. The van der Waals surface area contributed by atoms with Gasteiger partial charge in [0.2, 0.25) is 0 Å². The Bertz CT molecular complexity index is 283. The van der Waals surface area contributed by atoms with Gasteiger partial charge in [0.1, 0.15) is 5.56 Å². The van der Waals surface area contributed by atoms with Crippen LogP contribution in [0.4, 0.5) is 0 Å². The van der Waals surface area contributed by atoms with Crippen molar-refractivity contribution in [1.82, 2.24) is 0 Å². The minimum absolute atomic E-state index is 0.816. The van der Waals surface area contributed by atoms with Gasteiger partial charge >= 0.3 is 0 Å². The van der Waals surface area contributed by atoms with Crippen molar-refractivity contribution in [2.45, 2.75) is 98.0 Å². The van der Waals surface area contributed by atoms with Gasteiger partial charge in [0.15, 0.2) is 0 Å². The van der Waals surface area contributed by atoms with Gasteiger partial charge in [-0.3, -0.25) is 0 Å². The lowest BCUT2D eigenvalue weighted by atomic mass is 9.91. The van der Waals surface area contributed by atoms with E-state index >= 15 is 0 Å². The van der Waals surface area contributed by atoms with Crippen molar-refractivity contribution in [3.63, 3.8) is 0 Å². The number of alkyl halides is 1. The molecule has 0 rings (SSSR count). The van der Waals surface area contributed by atoms with Crippen LogP contribution in [-0.4, -0.2) is 10.7 Å². The lowest BCUT2D eigenvalue weighted by Crippen LogP contribution is -2.00. The molecule has 0 amide bonds. The zero-order valence-corrected chi connectivity index (χ0v) is 16.3. The molecule has 0 spiro atoms. The van der Waals surface area contributed by atoms with Crippen LogP contribution < -0.4 is 0 Å². The molecule has 0 fully saturated rings. The lowest BCUT2D eigenvalue weighted by molar-refractivity contribution is 0.302. The number of halogens is 1. The fourth-order valence-corrected chi connectivity index (χ4v) is 3.24. The second kappa shape index (κ2) is 13.4. The average molecular weight is 331 g/mol. The Morgan fingerprint density at radius 1 is 0.864 bits per heavy atom. The van der Waals surface area contributed by atoms with E-state index in [-0.39, 0.29) is 0 Å². The third-order valence-corrected chi connectivity index (χ3v) is 4.69. The Kier molecular flexibility index (Phi) is 13.4. The predicted molar refractivity (Wildman–Crippen MR) is 100 cm³/mol. The maximum atomic E-state index is 9.08. The van der Waals surface area contributed by atoms with Crippen molar-refractivity contribution in [3.05, 3.63) is 11.6 Å². The highest BCUT2D eigenvalue weighted by Crippen LogP contribution is 2.22. The van der Waals surface area contributed by atoms with E-state index < -0.39 is 5.56 Å². The van der Waals surface area contributed by atoms with Crippen LogP contribution in [0.25, 0.3) is 0 Å². The molecule has 3 unspecified atom stereocenters. The van der Waals surface area contributed by atoms with Crippen LogP contribution >= 0.6 is 11.6 Å². The van der Waals surface area contributed by atoms with Crippen LogP contribution in [0.5, 0.6) is 0 Å². The Morgan fingerprint density at radius 2 is 1.32 bits per heavy atom. The van der Waals surface area contributed by atoms with E-state index in [4.69, 9.17) is 16.7 Å². The van der Waals surface area contributed by atoms with E-state index in [0.717, 1.165) is 24.2 Å². The Labute approximate surface area is 144 Å². The summed E-state index contributed by atoms with van der Waals surface area (Å²) in [6, 6.07) is 0. The van der Waals surface area contributed by atoms with Gasteiger partial charge in [-0.25, -0.2) is 0 Å². The van der Waals surface area contributed by atoms with Crippen LogP contribution in [0.2, 0.25) is 0 Å². The number of rotatable bonds is 13. The molecule has 0 aliphatic carbocycles. The highest BCUT2D eigenvalue weighted by atomic mass is 35.5. The summed E-state index contributed by atoms with van der Waals surface area (Å²) in [5, 5.41) is 9.08. The maximum absolute atomic E-state index is 9.08. The summed E-state index contributed by atoms with van der Waals surface area (Å²) >= 11 is 5.54. The molecule has 0 aromatic rings. The highest BCUT2D eigenvalue weighted by molar-refractivity contribution is 6.20. The Balaban J connectivity index is 3.58. The van der Waals surface area contributed by atoms with E-state index in [1.807, 2.05) is 0 Å². The van der Waals surface area contributed by atoms with Gasteiger partial charge in [-0.2, -0.15) is 0 Å². The first-order valence-electron chi connectivity index (χ1n) is 9.30. The maximum Gasteiger partial charge on any atom is 0.146 e. The van der Waals surface area contributed by atoms with Gasteiger partial charge in [0.25, 0.3) is 0 Å². The van der Waals surface area contributed by atoms with E-state index in [1.165, 1.54) is 56.9 Å². The minimum atomic E-state index is -0.824. The predicted octanol–water partition coefficient (Wildman–Crippen LogP) is 6.93. The van der Waals surface area contributed by atoms with Gasteiger partial charge in [-0.1, -0.05) is 89.8 Å². The Morgan fingerprint density at radius 3 is 1.77 bits per heavy atom. The molecular formula is C20H39ClO. The van der Waals surface area contributed by atoms with Crippen LogP contribution in [0.3, 0.4) is 0 Å². The summed E-state index contributed by atoms with van der Waals surface area (Å²) < 4.78 is 0. The highest BCUT2D eigenvalue weighted by Gasteiger charge is 2.06. The summed E-state index contributed by atoms with van der Waals surface area (Å²) in [5.41, 5.74) is 0.378. The van der Waals surface area contributed by atoms with E-state index in [9.17, 15) is 0 Å². The second-order valence-electron chi connectivity index (χ2n) is 7.74. The smallest absolute Gasteiger partial charge is 0.146 e. The van der Waals surface area contributed by atoms with Crippen LogP contribution in [0, 0.1) is 17.8 Å². The molecule has 0 saturated heterocycles. The SMILES string of the molecule is CC(=CC(O)Cl)CCCC(C)CCCC(C)CCCC(C)C. The zero-order valence-electron chi connectivity index (χ0n) is 15.6. The molecule has 0 radical (unpaired) electrons. The third-order valence-electron chi connectivity index (χ3n) is 4.56. The van der Waals surface area contributed by atoms with Crippen molar-refractivity contribution in [2.24, 2.45) is 17.8 Å². The van der Waals surface area contributed by atoms with Gasteiger partial charge < -0.3 is 5.11 Å². The van der Waals surface area contributed by atoms with Gasteiger partial charge in [0.05, 0.1) is 0 Å². The molecular weight excluding hydrogens is 292 g/mol. The fraction of sp³-hybridized carbons (Fsp3) is 0.900. The van der Waals surface area contributed by atoms with Crippen LogP contribution in [0.1, 0.15) is 92.4 Å².